The smallest absolute Gasteiger partial charge is 0.191 e. The molecule has 142 valence electrons. The predicted octanol–water partition coefficient (Wildman–Crippen LogP) is 4.18. The Balaban J connectivity index is 1.58. The van der Waals surface area contributed by atoms with E-state index in [0.717, 1.165) is 36.5 Å². The normalized spacial score (nSPS) is 13.3. The van der Waals surface area contributed by atoms with Gasteiger partial charge in [0.1, 0.15) is 5.75 Å². The number of methoxy groups -OCH3 is 1. The van der Waals surface area contributed by atoms with Gasteiger partial charge in [-0.3, -0.25) is 5.43 Å². The molecular weight excluding hydrogens is 356 g/mol. The van der Waals surface area contributed by atoms with E-state index in [9.17, 15) is 0 Å². The van der Waals surface area contributed by atoms with Crippen molar-refractivity contribution in [3.8, 4) is 5.75 Å². The van der Waals surface area contributed by atoms with Crippen LogP contribution in [0, 0.1) is 0 Å². The first kappa shape index (κ1) is 19.2. The number of rotatable bonds is 6. The average molecular weight is 383 g/mol. The zero-order valence-corrected chi connectivity index (χ0v) is 16.7. The summed E-state index contributed by atoms with van der Waals surface area (Å²) in [7, 11) is 1.64. The van der Waals surface area contributed by atoms with Crippen LogP contribution >= 0.6 is 12.2 Å². The lowest BCUT2D eigenvalue weighted by Gasteiger charge is -2.31. The molecule has 0 amide bonds. The molecule has 0 saturated carbocycles. The number of aryl methyl sites for hydroxylation is 1. The van der Waals surface area contributed by atoms with Crippen molar-refractivity contribution < 1.29 is 4.74 Å². The number of nitrogens with one attached hydrogen (secondary N) is 2. The minimum atomic E-state index is 0.437. The molecule has 2 N–H and O–H groups in total. The molecule has 27 heavy (non-hydrogen) atoms. The Hall–Kier alpha value is -2.60. The fourth-order valence-corrected chi connectivity index (χ4v) is 3.47. The standard InChI is InChI=1S/C21H26N4OS/c1-3-11-25-12-5-6-17-13-16(9-10-20(17)25)15-22-24-21(27)23-18-7-4-8-19(14-18)26-2/h4,7-10,13-15H,3,5-6,11-12H2,1-2H3,(H2,23,24,27)/b22-15-. The molecule has 1 aliphatic rings. The van der Waals surface area contributed by atoms with Crippen molar-refractivity contribution in [2.24, 2.45) is 5.10 Å². The molecule has 0 unspecified atom stereocenters. The summed E-state index contributed by atoms with van der Waals surface area (Å²) in [5, 5.41) is 7.79. The molecule has 5 nitrogen and oxygen atoms in total. The van der Waals surface area contributed by atoms with Crippen LogP contribution in [0.5, 0.6) is 5.75 Å². The highest BCUT2D eigenvalue weighted by Gasteiger charge is 2.15. The molecule has 0 aliphatic carbocycles. The Morgan fingerprint density at radius 3 is 3.00 bits per heavy atom. The van der Waals surface area contributed by atoms with Gasteiger partial charge in [-0.25, -0.2) is 0 Å². The third-order valence-corrected chi connectivity index (χ3v) is 4.71. The minimum Gasteiger partial charge on any atom is -0.497 e. The fourth-order valence-electron chi connectivity index (χ4n) is 3.30. The second-order valence-corrected chi connectivity index (χ2v) is 6.94. The van der Waals surface area contributed by atoms with E-state index in [1.54, 1.807) is 13.3 Å². The first-order valence-electron chi connectivity index (χ1n) is 9.31. The summed E-state index contributed by atoms with van der Waals surface area (Å²) in [6, 6.07) is 14.1. The van der Waals surface area contributed by atoms with E-state index in [2.05, 4.69) is 45.9 Å². The van der Waals surface area contributed by atoms with Gasteiger partial charge in [-0.2, -0.15) is 5.10 Å². The van der Waals surface area contributed by atoms with E-state index in [-0.39, 0.29) is 0 Å². The van der Waals surface area contributed by atoms with Gasteiger partial charge in [-0.15, -0.1) is 0 Å². The lowest BCUT2D eigenvalue weighted by molar-refractivity contribution is 0.415. The van der Waals surface area contributed by atoms with Crippen molar-refractivity contribution in [1.82, 2.24) is 5.43 Å². The number of hydrogen-bond acceptors (Lipinski definition) is 4. The molecule has 0 atom stereocenters. The van der Waals surface area contributed by atoms with Crippen molar-refractivity contribution >= 4 is 34.9 Å². The Morgan fingerprint density at radius 1 is 1.30 bits per heavy atom. The van der Waals surface area contributed by atoms with Crippen molar-refractivity contribution in [1.29, 1.82) is 0 Å². The summed E-state index contributed by atoms with van der Waals surface area (Å²) in [6.07, 6.45) is 5.31. The second kappa shape index (κ2) is 9.37. The number of fused-ring (bicyclic) bond motifs is 1. The molecule has 3 rings (SSSR count). The number of ether oxygens (including phenoxy) is 1. The maximum atomic E-state index is 5.29. The van der Waals surface area contributed by atoms with Crippen molar-refractivity contribution in [3.63, 3.8) is 0 Å². The number of benzene rings is 2. The Bertz CT molecular complexity index is 822. The molecule has 1 aliphatic heterocycles. The topological polar surface area (TPSA) is 48.9 Å². The lowest BCUT2D eigenvalue weighted by atomic mass is 9.99. The largest absolute Gasteiger partial charge is 0.497 e. The molecule has 2 aromatic rings. The highest BCUT2D eigenvalue weighted by atomic mass is 32.1. The molecule has 0 radical (unpaired) electrons. The molecule has 0 bridgehead atoms. The van der Waals surface area contributed by atoms with E-state index in [4.69, 9.17) is 17.0 Å². The van der Waals surface area contributed by atoms with E-state index in [1.807, 2.05) is 24.3 Å². The number of anilines is 2. The third-order valence-electron chi connectivity index (χ3n) is 4.52. The van der Waals surface area contributed by atoms with Gasteiger partial charge in [-0.05, 0) is 66.9 Å². The van der Waals surface area contributed by atoms with Crippen LogP contribution in [0.2, 0.25) is 0 Å². The Morgan fingerprint density at radius 2 is 2.19 bits per heavy atom. The maximum absolute atomic E-state index is 5.29. The maximum Gasteiger partial charge on any atom is 0.191 e. The van der Waals surface area contributed by atoms with Crippen LogP contribution in [-0.2, 0) is 6.42 Å². The summed E-state index contributed by atoms with van der Waals surface area (Å²) in [6.45, 7) is 4.50. The summed E-state index contributed by atoms with van der Waals surface area (Å²) in [5.41, 5.74) is 7.55. The first-order chi connectivity index (χ1) is 13.2. The van der Waals surface area contributed by atoms with E-state index < -0.39 is 0 Å². The van der Waals surface area contributed by atoms with Gasteiger partial charge < -0.3 is 15.0 Å². The van der Waals surface area contributed by atoms with Crippen LogP contribution in [0.4, 0.5) is 11.4 Å². The zero-order valence-electron chi connectivity index (χ0n) is 15.9. The van der Waals surface area contributed by atoms with Gasteiger partial charge in [-0.1, -0.05) is 19.1 Å². The molecule has 2 aromatic carbocycles. The lowest BCUT2D eigenvalue weighted by Crippen LogP contribution is -2.30. The second-order valence-electron chi connectivity index (χ2n) is 6.53. The molecule has 6 heteroatoms. The number of thiocarbonyl (C=S) groups is 1. The van der Waals surface area contributed by atoms with Crippen LogP contribution in [0.15, 0.2) is 47.6 Å². The summed E-state index contributed by atoms with van der Waals surface area (Å²) in [5.74, 6) is 0.775. The fraction of sp³-hybridized carbons (Fsp3) is 0.333. The van der Waals surface area contributed by atoms with E-state index >= 15 is 0 Å². The number of hydrazone groups is 1. The quantitative estimate of drug-likeness (QED) is 0.446. The third kappa shape index (κ3) is 5.20. The van der Waals surface area contributed by atoms with Crippen LogP contribution < -0.4 is 20.4 Å². The minimum absolute atomic E-state index is 0.437. The number of hydrogen-bond donors (Lipinski definition) is 2. The van der Waals surface area contributed by atoms with Crippen LogP contribution in [0.3, 0.4) is 0 Å². The Labute approximate surface area is 166 Å². The molecule has 0 spiro atoms. The first-order valence-corrected chi connectivity index (χ1v) is 9.72. The average Bonchev–Trinajstić information content (AvgIpc) is 2.68. The van der Waals surface area contributed by atoms with Gasteiger partial charge in [0.05, 0.1) is 13.3 Å². The highest BCUT2D eigenvalue weighted by molar-refractivity contribution is 7.80. The van der Waals surface area contributed by atoms with E-state index in [0.29, 0.717) is 5.11 Å². The summed E-state index contributed by atoms with van der Waals surface area (Å²) < 4.78 is 5.21. The van der Waals surface area contributed by atoms with Crippen molar-refractivity contribution in [2.75, 3.05) is 30.4 Å². The monoisotopic (exact) mass is 382 g/mol. The van der Waals surface area contributed by atoms with Gasteiger partial charge in [0.15, 0.2) is 5.11 Å². The predicted molar refractivity (Wildman–Crippen MR) is 117 cm³/mol. The zero-order chi connectivity index (χ0) is 19.1. The molecule has 0 saturated heterocycles. The highest BCUT2D eigenvalue weighted by Crippen LogP contribution is 2.27. The SMILES string of the molecule is CCCN1CCCc2cc(/C=N\NC(=S)Nc3cccc(OC)c3)ccc21. The Kier molecular flexibility index (Phi) is 6.65. The van der Waals surface area contributed by atoms with Crippen LogP contribution in [0.25, 0.3) is 0 Å². The molecule has 0 aromatic heterocycles. The number of nitrogens with zero attached hydrogens (tertiary/aromatic N) is 2. The van der Waals surface area contributed by atoms with E-state index in [1.165, 1.54) is 24.1 Å². The van der Waals surface area contributed by atoms with Crippen molar-refractivity contribution in [3.05, 3.63) is 53.6 Å². The van der Waals surface area contributed by atoms with Crippen molar-refractivity contribution in [2.45, 2.75) is 26.2 Å². The van der Waals surface area contributed by atoms with Gasteiger partial charge in [0.2, 0.25) is 0 Å². The van der Waals surface area contributed by atoms with Crippen LogP contribution in [-0.4, -0.2) is 31.5 Å². The van der Waals surface area contributed by atoms with Gasteiger partial charge >= 0.3 is 0 Å². The van der Waals surface area contributed by atoms with Crippen LogP contribution in [0.1, 0.15) is 30.9 Å². The summed E-state index contributed by atoms with van der Waals surface area (Å²) >= 11 is 5.29. The van der Waals surface area contributed by atoms with Gasteiger partial charge in [0, 0.05) is 30.5 Å². The van der Waals surface area contributed by atoms with Gasteiger partial charge in [0.25, 0.3) is 0 Å². The molecule has 1 heterocycles. The molecular formula is C21H26N4OS. The molecule has 0 fully saturated rings. The summed E-state index contributed by atoms with van der Waals surface area (Å²) in [4.78, 5) is 2.48.